The predicted octanol–water partition coefficient (Wildman–Crippen LogP) is 1.39. The van der Waals surface area contributed by atoms with Gasteiger partial charge in [0.2, 0.25) is 0 Å². The fourth-order valence-electron chi connectivity index (χ4n) is 2.27. The number of nitrogen functional groups attached to an aromatic ring is 1. The first-order valence-corrected chi connectivity index (χ1v) is 6.06. The molecule has 0 saturated heterocycles. The summed E-state index contributed by atoms with van der Waals surface area (Å²) in [7, 11) is 0. The van der Waals surface area contributed by atoms with Crippen LogP contribution in [0.15, 0.2) is 18.2 Å². The Labute approximate surface area is 109 Å². The lowest BCUT2D eigenvalue weighted by atomic mass is 10.1. The van der Waals surface area contributed by atoms with E-state index in [4.69, 9.17) is 10.8 Å². The van der Waals surface area contributed by atoms with E-state index in [2.05, 4.69) is 5.32 Å². The summed E-state index contributed by atoms with van der Waals surface area (Å²) in [6, 6.07) is 3.68. The van der Waals surface area contributed by atoms with E-state index in [0.717, 1.165) is 6.07 Å². The predicted molar refractivity (Wildman–Crippen MR) is 67.0 cm³/mol. The van der Waals surface area contributed by atoms with Crippen LogP contribution >= 0.6 is 0 Å². The molecule has 5 nitrogen and oxygen atoms in total. The fraction of sp³-hybridized carbons (Fsp3) is 0.385. The zero-order valence-electron chi connectivity index (χ0n) is 10.2. The lowest BCUT2D eigenvalue weighted by molar-refractivity contribution is -0.141. The number of rotatable bonds is 3. The van der Waals surface area contributed by atoms with Crippen LogP contribution in [0.25, 0.3) is 0 Å². The van der Waals surface area contributed by atoms with Crippen LogP contribution in [0.2, 0.25) is 0 Å². The topological polar surface area (TPSA) is 92.4 Å². The minimum absolute atomic E-state index is 0.0108. The first kappa shape index (κ1) is 13.3. The first-order chi connectivity index (χ1) is 8.97. The third-order valence-electron chi connectivity index (χ3n) is 3.38. The van der Waals surface area contributed by atoms with E-state index in [-0.39, 0.29) is 17.3 Å². The number of hydrogen-bond donors (Lipinski definition) is 3. The van der Waals surface area contributed by atoms with Crippen molar-refractivity contribution >= 4 is 17.6 Å². The van der Waals surface area contributed by atoms with Crippen molar-refractivity contribution in [3.8, 4) is 0 Å². The molecular formula is C13H15FN2O3. The average molecular weight is 266 g/mol. The number of halogens is 1. The first-order valence-electron chi connectivity index (χ1n) is 6.06. The standard InChI is InChI=1S/C13H15FN2O3/c14-10-6-7(2-4-11(10)15)12(17)16-9-3-1-8(5-9)13(18)19/h2,4,6,8-9H,1,3,5,15H2,(H,16,17)(H,18,19). The Morgan fingerprint density at radius 3 is 2.68 bits per heavy atom. The van der Waals surface area contributed by atoms with Crippen LogP contribution in [0.1, 0.15) is 29.6 Å². The van der Waals surface area contributed by atoms with Crippen molar-refractivity contribution in [1.82, 2.24) is 5.32 Å². The Bertz CT molecular complexity index is 519. The Morgan fingerprint density at radius 2 is 2.11 bits per heavy atom. The molecule has 1 aromatic carbocycles. The number of aliphatic carboxylic acids is 1. The van der Waals surface area contributed by atoms with Gasteiger partial charge in [-0.1, -0.05) is 0 Å². The normalized spacial score (nSPS) is 22.2. The number of carboxylic acids is 1. The van der Waals surface area contributed by atoms with Crippen LogP contribution in [-0.4, -0.2) is 23.0 Å². The lowest BCUT2D eigenvalue weighted by Crippen LogP contribution is -2.33. The zero-order chi connectivity index (χ0) is 14.0. The smallest absolute Gasteiger partial charge is 0.306 e. The molecule has 1 aliphatic carbocycles. The molecule has 2 atom stereocenters. The number of carbonyl (C=O) groups is 2. The second kappa shape index (κ2) is 5.26. The maximum absolute atomic E-state index is 13.2. The minimum Gasteiger partial charge on any atom is -0.481 e. The summed E-state index contributed by atoms with van der Waals surface area (Å²) in [4.78, 5) is 22.7. The molecule has 0 aromatic heterocycles. The maximum atomic E-state index is 13.2. The molecule has 2 unspecified atom stereocenters. The summed E-state index contributed by atoms with van der Waals surface area (Å²) in [5.74, 6) is -2.29. The van der Waals surface area contributed by atoms with Crippen LogP contribution < -0.4 is 11.1 Å². The fourth-order valence-corrected chi connectivity index (χ4v) is 2.27. The number of carboxylic acid groups (broad SMARTS) is 1. The Morgan fingerprint density at radius 1 is 1.37 bits per heavy atom. The quantitative estimate of drug-likeness (QED) is 0.721. The van der Waals surface area contributed by atoms with Crippen LogP contribution in [0.3, 0.4) is 0 Å². The Kier molecular flexibility index (Phi) is 3.69. The molecule has 19 heavy (non-hydrogen) atoms. The number of nitrogens with two attached hydrogens (primary N) is 1. The molecule has 1 amide bonds. The summed E-state index contributed by atoms with van der Waals surface area (Å²) < 4.78 is 13.2. The summed E-state index contributed by atoms with van der Waals surface area (Å²) in [6.07, 6.45) is 1.59. The van der Waals surface area contributed by atoms with Crippen molar-refractivity contribution < 1.29 is 19.1 Å². The van der Waals surface area contributed by atoms with Crippen molar-refractivity contribution in [2.24, 2.45) is 5.92 Å². The number of anilines is 1. The number of nitrogens with one attached hydrogen (secondary N) is 1. The monoisotopic (exact) mass is 266 g/mol. The lowest BCUT2D eigenvalue weighted by Gasteiger charge is -2.12. The van der Waals surface area contributed by atoms with Crippen molar-refractivity contribution in [3.05, 3.63) is 29.6 Å². The van der Waals surface area contributed by atoms with Crippen molar-refractivity contribution in [1.29, 1.82) is 0 Å². The highest BCUT2D eigenvalue weighted by molar-refractivity contribution is 5.94. The van der Waals surface area contributed by atoms with E-state index < -0.39 is 23.6 Å². The summed E-state index contributed by atoms with van der Waals surface area (Å²) in [6.45, 7) is 0. The molecule has 2 rings (SSSR count). The van der Waals surface area contributed by atoms with Gasteiger partial charge in [-0.25, -0.2) is 4.39 Å². The van der Waals surface area contributed by atoms with E-state index in [1.54, 1.807) is 0 Å². The molecule has 4 N–H and O–H groups in total. The van der Waals surface area contributed by atoms with E-state index in [9.17, 15) is 14.0 Å². The highest BCUT2D eigenvalue weighted by Crippen LogP contribution is 2.26. The molecule has 0 spiro atoms. The molecule has 1 saturated carbocycles. The summed E-state index contributed by atoms with van der Waals surface area (Å²) in [5.41, 5.74) is 5.51. The Hall–Kier alpha value is -2.11. The molecular weight excluding hydrogens is 251 g/mol. The van der Waals surface area contributed by atoms with E-state index in [1.807, 2.05) is 0 Å². The van der Waals surface area contributed by atoms with Gasteiger partial charge in [0.1, 0.15) is 5.82 Å². The van der Waals surface area contributed by atoms with Crippen LogP contribution in [-0.2, 0) is 4.79 Å². The van der Waals surface area contributed by atoms with E-state index in [0.29, 0.717) is 19.3 Å². The van der Waals surface area contributed by atoms with Crippen molar-refractivity contribution in [3.63, 3.8) is 0 Å². The molecule has 1 aliphatic rings. The number of benzene rings is 1. The SMILES string of the molecule is Nc1ccc(C(=O)NC2CCC(C(=O)O)C2)cc1F. The van der Waals surface area contributed by atoms with Gasteiger partial charge >= 0.3 is 5.97 Å². The largest absolute Gasteiger partial charge is 0.481 e. The van der Waals surface area contributed by atoms with Gasteiger partial charge in [-0.2, -0.15) is 0 Å². The molecule has 0 aliphatic heterocycles. The summed E-state index contributed by atoms with van der Waals surface area (Å²) >= 11 is 0. The molecule has 0 bridgehead atoms. The van der Waals surface area contributed by atoms with Gasteiger partial charge in [0, 0.05) is 11.6 Å². The van der Waals surface area contributed by atoms with Gasteiger partial charge in [0.15, 0.2) is 0 Å². The third kappa shape index (κ3) is 3.01. The summed E-state index contributed by atoms with van der Waals surface area (Å²) in [5, 5.41) is 11.6. The number of carbonyl (C=O) groups excluding carboxylic acids is 1. The molecule has 102 valence electrons. The number of amides is 1. The van der Waals surface area contributed by atoms with Crippen LogP contribution in [0.4, 0.5) is 10.1 Å². The van der Waals surface area contributed by atoms with Gasteiger partial charge in [0.25, 0.3) is 5.91 Å². The molecule has 0 radical (unpaired) electrons. The minimum atomic E-state index is -0.838. The molecule has 1 fully saturated rings. The van der Waals surface area contributed by atoms with Crippen LogP contribution in [0.5, 0.6) is 0 Å². The molecule has 6 heteroatoms. The van der Waals surface area contributed by atoms with E-state index in [1.165, 1.54) is 12.1 Å². The van der Waals surface area contributed by atoms with Crippen molar-refractivity contribution in [2.45, 2.75) is 25.3 Å². The molecule has 0 heterocycles. The van der Waals surface area contributed by atoms with E-state index >= 15 is 0 Å². The third-order valence-corrected chi connectivity index (χ3v) is 3.38. The average Bonchev–Trinajstić information content (AvgIpc) is 2.81. The van der Waals surface area contributed by atoms with Gasteiger partial charge in [-0.05, 0) is 37.5 Å². The number of hydrogen-bond acceptors (Lipinski definition) is 3. The second-order valence-corrected chi connectivity index (χ2v) is 4.75. The highest BCUT2D eigenvalue weighted by atomic mass is 19.1. The zero-order valence-corrected chi connectivity index (χ0v) is 10.2. The van der Waals surface area contributed by atoms with Crippen molar-refractivity contribution in [2.75, 3.05) is 5.73 Å². The van der Waals surface area contributed by atoms with Gasteiger partial charge < -0.3 is 16.2 Å². The van der Waals surface area contributed by atoms with Crippen LogP contribution in [0, 0.1) is 11.7 Å². The highest BCUT2D eigenvalue weighted by Gasteiger charge is 2.30. The maximum Gasteiger partial charge on any atom is 0.306 e. The molecule has 1 aromatic rings. The Balaban J connectivity index is 1.98. The van der Waals surface area contributed by atoms with Gasteiger partial charge in [-0.15, -0.1) is 0 Å². The van der Waals surface area contributed by atoms with Gasteiger partial charge in [-0.3, -0.25) is 9.59 Å². The van der Waals surface area contributed by atoms with Gasteiger partial charge in [0.05, 0.1) is 11.6 Å². The second-order valence-electron chi connectivity index (χ2n) is 4.75.